The molecule has 1 aromatic carbocycles. The molecule has 1 aromatic heterocycles. The Labute approximate surface area is 115 Å². The molecule has 0 saturated carbocycles. The van der Waals surface area contributed by atoms with Crippen LogP contribution < -0.4 is 9.47 Å². The number of hydrogen-bond donors (Lipinski definition) is 1. The fraction of sp³-hybridized carbons (Fsp3) is 0.214. The molecular weight excluding hydrogens is 264 g/mol. The van der Waals surface area contributed by atoms with E-state index in [4.69, 9.17) is 14.6 Å². The maximum atomic E-state index is 10.8. The molecule has 2 aromatic rings. The van der Waals surface area contributed by atoms with Crippen LogP contribution in [0.3, 0.4) is 0 Å². The number of methoxy groups -OCH3 is 1. The standard InChI is InChI=1S/C14H14O4S/c1-3-9-4-5-10(11(8-9)17-2)18-13-7-6-12(19-13)14(15)16/h4-8H,3H2,1-2H3,(H,15,16). The van der Waals surface area contributed by atoms with Crippen molar-refractivity contribution in [3.05, 3.63) is 40.8 Å². The van der Waals surface area contributed by atoms with Gasteiger partial charge in [-0.15, -0.1) is 0 Å². The van der Waals surface area contributed by atoms with E-state index in [1.165, 1.54) is 6.07 Å². The third-order valence-corrected chi connectivity index (χ3v) is 3.59. The first kappa shape index (κ1) is 13.4. The first-order valence-corrected chi connectivity index (χ1v) is 6.63. The highest BCUT2D eigenvalue weighted by Crippen LogP contribution is 2.35. The van der Waals surface area contributed by atoms with Crippen LogP contribution in [-0.4, -0.2) is 18.2 Å². The van der Waals surface area contributed by atoms with Gasteiger partial charge in [0, 0.05) is 0 Å². The van der Waals surface area contributed by atoms with Crippen LogP contribution in [0.4, 0.5) is 0 Å². The van der Waals surface area contributed by atoms with E-state index in [1.807, 2.05) is 18.2 Å². The summed E-state index contributed by atoms with van der Waals surface area (Å²) < 4.78 is 10.9. The largest absolute Gasteiger partial charge is 0.493 e. The van der Waals surface area contributed by atoms with Crippen LogP contribution in [0.15, 0.2) is 30.3 Å². The Hall–Kier alpha value is -2.01. The molecule has 100 valence electrons. The number of carboxylic acid groups (broad SMARTS) is 1. The molecule has 0 spiro atoms. The predicted octanol–water partition coefficient (Wildman–Crippen LogP) is 3.81. The van der Waals surface area contributed by atoms with Crippen molar-refractivity contribution >= 4 is 17.3 Å². The highest BCUT2D eigenvalue weighted by molar-refractivity contribution is 7.15. The number of carboxylic acids is 1. The van der Waals surface area contributed by atoms with Crippen LogP contribution in [0, 0.1) is 0 Å². The number of thiophene rings is 1. The van der Waals surface area contributed by atoms with Gasteiger partial charge < -0.3 is 14.6 Å². The van der Waals surface area contributed by atoms with E-state index in [2.05, 4.69) is 6.92 Å². The van der Waals surface area contributed by atoms with Crippen LogP contribution in [0.2, 0.25) is 0 Å². The van der Waals surface area contributed by atoms with Crippen LogP contribution >= 0.6 is 11.3 Å². The molecule has 1 N–H and O–H groups in total. The van der Waals surface area contributed by atoms with E-state index in [0.29, 0.717) is 16.6 Å². The fourth-order valence-corrected chi connectivity index (χ4v) is 2.32. The van der Waals surface area contributed by atoms with Crippen LogP contribution in [-0.2, 0) is 6.42 Å². The molecule has 5 heteroatoms. The Morgan fingerprint density at radius 2 is 2.05 bits per heavy atom. The number of ether oxygens (including phenoxy) is 2. The summed E-state index contributed by atoms with van der Waals surface area (Å²) in [5.74, 6) is 0.274. The summed E-state index contributed by atoms with van der Waals surface area (Å²) >= 11 is 1.09. The first-order chi connectivity index (χ1) is 9.13. The zero-order valence-corrected chi connectivity index (χ0v) is 11.5. The Bertz CT molecular complexity index is 589. The van der Waals surface area contributed by atoms with E-state index in [9.17, 15) is 4.79 Å². The van der Waals surface area contributed by atoms with Gasteiger partial charge in [-0.3, -0.25) is 0 Å². The van der Waals surface area contributed by atoms with Gasteiger partial charge >= 0.3 is 5.97 Å². The maximum Gasteiger partial charge on any atom is 0.345 e. The van der Waals surface area contributed by atoms with Crippen molar-refractivity contribution in [1.29, 1.82) is 0 Å². The minimum Gasteiger partial charge on any atom is -0.493 e. The second kappa shape index (κ2) is 5.75. The smallest absolute Gasteiger partial charge is 0.345 e. The van der Waals surface area contributed by atoms with Gasteiger partial charge in [0.05, 0.1) is 7.11 Å². The number of carbonyl (C=O) groups is 1. The molecule has 0 unspecified atom stereocenters. The lowest BCUT2D eigenvalue weighted by molar-refractivity contribution is 0.0702. The van der Waals surface area contributed by atoms with Crippen molar-refractivity contribution < 1.29 is 19.4 Å². The highest BCUT2D eigenvalue weighted by Gasteiger charge is 2.11. The summed E-state index contributed by atoms with van der Waals surface area (Å²) in [4.78, 5) is 11.1. The number of aromatic carboxylic acids is 1. The molecule has 0 atom stereocenters. The van der Waals surface area contributed by atoms with E-state index >= 15 is 0 Å². The minimum absolute atomic E-state index is 0.249. The van der Waals surface area contributed by atoms with Crippen molar-refractivity contribution in [3.63, 3.8) is 0 Å². The van der Waals surface area contributed by atoms with Gasteiger partial charge in [-0.25, -0.2) is 4.79 Å². The Kier molecular flexibility index (Phi) is 4.06. The van der Waals surface area contributed by atoms with Gasteiger partial charge in [0.1, 0.15) is 4.88 Å². The number of hydrogen-bond acceptors (Lipinski definition) is 4. The summed E-state index contributed by atoms with van der Waals surface area (Å²) in [6, 6.07) is 8.87. The van der Waals surface area contributed by atoms with Crippen LogP contribution in [0.25, 0.3) is 0 Å². The quantitative estimate of drug-likeness (QED) is 0.903. The van der Waals surface area contributed by atoms with Gasteiger partial charge in [-0.2, -0.15) is 0 Å². The predicted molar refractivity (Wildman–Crippen MR) is 73.7 cm³/mol. The van der Waals surface area contributed by atoms with Crippen molar-refractivity contribution in [1.82, 2.24) is 0 Å². The molecule has 0 fully saturated rings. The van der Waals surface area contributed by atoms with Crippen molar-refractivity contribution in [2.24, 2.45) is 0 Å². The molecule has 0 aliphatic rings. The minimum atomic E-state index is -0.951. The lowest BCUT2D eigenvalue weighted by atomic mass is 10.1. The normalized spacial score (nSPS) is 10.2. The second-order valence-electron chi connectivity index (χ2n) is 3.86. The number of benzene rings is 1. The zero-order valence-electron chi connectivity index (χ0n) is 10.7. The summed E-state index contributed by atoms with van der Waals surface area (Å²) in [5.41, 5.74) is 1.15. The SMILES string of the molecule is CCc1ccc(Oc2ccc(C(=O)O)s2)c(OC)c1. The van der Waals surface area contributed by atoms with Crippen molar-refractivity contribution in [3.8, 4) is 16.6 Å². The Morgan fingerprint density at radius 3 is 2.63 bits per heavy atom. The van der Waals surface area contributed by atoms with Gasteiger partial charge in [-0.05, 0) is 36.2 Å². The molecule has 0 aliphatic carbocycles. The molecule has 0 aliphatic heterocycles. The lowest BCUT2D eigenvalue weighted by Gasteiger charge is -2.09. The zero-order chi connectivity index (χ0) is 13.8. The average Bonchev–Trinajstić information content (AvgIpc) is 2.88. The molecule has 0 bridgehead atoms. The third-order valence-electron chi connectivity index (χ3n) is 2.64. The molecular formula is C14H14O4S. The first-order valence-electron chi connectivity index (χ1n) is 5.82. The van der Waals surface area contributed by atoms with Crippen LogP contribution in [0.1, 0.15) is 22.2 Å². The van der Waals surface area contributed by atoms with Crippen molar-refractivity contribution in [2.45, 2.75) is 13.3 Å². The molecule has 0 saturated heterocycles. The molecule has 4 nitrogen and oxygen atoms in total. The molecule has 1 heterocycles. The second-order valence-corrected chi connectivity index (χ2v) is 4.91. The van der Waals surface area contributed by atoms with Gasteiger partial charge in [-0.1, -0.05) is 24.3 Å². The Balaban J connectivity index is 2.24. The summed E-state index contributed by atoms with van der Waals surface area (Å²) in [7, 11) is 1.58. The fourth-order valence-electron chi connectivity index (χ4n) is 1.61. The number of aryl methyl sites for hydroxylation is 1. The molecule has 19 heavy (non-hydrogen) atoms. The van der Waals surface area contributed by atoms with Crippen molar-refractivity contribution in [2.75, 3.05) is 7.11 Å². The maximum absolute atomic E-state index is 10.8. The summed E-state index contributed by atoms with van der Waals surface area (Å²) in [6.45, 7) is 2.06. The monoisotopic (exact) mass is 278 g/mol. The van der Waals surface area contributed by atoms with E-state index in [-0.39, 0.29) is 4.88 Å². The lowest BCUT2D eigenvalue weighted by Crippen LogP contribution is -1.91. The van der Waals surface area contributed by atoms with Crippen LogP contribution in [0.5, 0.6) is 16.6 Å². The van der Waals surface area contributed by atoms with E-state index in [1.54, 1.807) is 13.2 Å². The van der Waals surface area contributed by atoms with Gasteiger partial charge in [0.25, 0.3) is 0 Å². The third kappa shape index (κ3) is 3.06. The highest BCUT2D eigenvalue weighted by atomic mass is 32.1. The summed E-state index contributed by atoms with van der Waals surface area (Å²) in [5, 5.41) is 9.39. The average molecular weight is 278 g/mol. The molecule has 0 radical (unpaired) electrons. The summed E-state index contributed by atoms with van der Waals surface area (Å²) in [6.07, 6.45) is 0.915. The molecule has 2 rings (SSSR count). The van der Waals surface area contributed by atoms with E-state index < -0.39 is 5.97 Å². The van der Waals surface area contributed by atoms with Gasteiger partial charge in [0.2, 0.25) is 0 Å². The Morgan fingerprint density at radius 1 is 1.26 bits per heavy atom. The number of rotatable bonds is 5. The molecule has 0 amide bonds. The topological polar surface area (TPSA) is 55.8 Å². The van der Waals surface area contributed by atoms with E-state index in [0.717, 1.165) is 23.3 Å². The van der Waals surface area contributed by atoms with Gasteiger partial charge in [0.15, 0.2) is 16.6 Å².